The molecule has 0 atom stereocenters. The highest BCUT2D eigenvalue weighted by molar-refractivity contribution is 5.76. The normalized spacial score (nSPS) is 9.69. The van der Waals surface area contributed by atoms with Gasteiger partial charge in [-0.2, -0.15) is 0 Å². The van der Waals surface area contributed by atoms with E-state index in [1.54, 1.807) is 6.92 Å². The molecule has 0 saturated heterocycles. The number of halogens is 1. The molecule has 3 nitrogen and oxygen atoms in total. The first-order valence-electron chi connectivity index (χ1n) is 4.49. The zero-order valence-corrected chi connectivity index (χ0v) is 7.94. The second-order valence-corrected chi connectivity index (χ2v) is 3.00. The fraction of sp³-hybridized carbons (Fsp3) is 0.778. The largest absolute Gasteiger partial charge is 0.354 e. The van der Waals surface area contributed by atoms with E-state index in [0.717, 1.165) is 19.3 Å². The number of hydrogen-bond acceptors (Lipinski definition) is 2. The van der Waals surface area contributed by atoms with Crippen molar-refractivity contribution in [2.45, 2.75) is 32.6 Å². The summed E-state index contributed by atoms with van der Waals surface area (Å²) >= 11 is 0. The summed E-state index contributed by atoms with van der Waals surface area (Å²) in [5.74, 6) is -0.376. The van der Waals surface area contributed by atoms with Gasteiger partial charge in [0, 0.05) is 13.0 Å². The summed E-state index contributed by atoms with van der Waals surface area (Å²) in [6, 6.07) is 0. The molecule has 0 fully saturated rings. The maximum absolute atomic E-state index is 11.6. The van der Waals surface area contributed by atoms with Crippen LogP contribution in [0.2, 0.25) is 0 Å². The lowest BCUT2D eigenvalue weighted by atomic mass is 10.1. The molecule has 0 radical (unpaired) electrons. The number of carbonyl (C=O) groups is 2. The summed E-state index contributed by atoms with van der Waals surface area (Å²) in [6.45, 7) is 1.11. The topological polar surface area (TPSA) is 46.2 Å². The Balaban J connectivity index is 3.08. The van der Waals surface area contributed by atoms with Crippen LogP contribution in [0.4, 0.5) is 4.39 Å². The van der Waals surface area contributed by atoms with Crippen molar-refractivity contribution >= 4 is 11.7 Å². The summed E-state index contributed by atoms with van der Waals surface area (Å²) in [4.78, 5) is 20.9. The second kappa shape index (κ2) is 7.71. The number of carbonyl (C=O) groups excluding carboxylic acids is 2. The molecule has 1 N–H and O–H groups in total. The second-order valence-electron chi connectivity index (χ2n) is 3.00. The molecule has 0 aliphatic heterocycles. The lowest BCUT2D eigenvalue weighted by Gasteiger charge is -2.01. The third kappa shape index (κ3) is 8.98. The number of ketones is 1. The lowest BCUT2D eigenvalue weighted by molar-refractivity contribution is -0.122. The van der Waals surface area contributed by atoms with Gasteiger partial charge in [-0.1, -0.05) is 6.42 Å². The summed E-state index contributed by atoms with van der Waals surface area (Å²) in [7, 11) is 0. The molecule has 0 aromatic rings. The zero-order valence-electron chi connectivity index (χ0n) is 7.94. The van der Waals surface area contributed by atoms with E-state index < -0.39 is 12.6 Å². The fourth-order valence-corrected chi connectivity index (χ4v) is 0.951. The predicted octanol–water partition coefficient (Wildman–Crippen LogP) is 1.22. The van der Waals surface area contributed by atoms with Gasteiger partial charge in [0.25, 0.3) is 5.91 Å². The van der Waals surface area contributed by atoms with Crippen molar-refractivity contribution in [2.75, 3.05) is 13.2 Å². The quantitative estimate of drug-likeness (QED) is 0.612. The van der Waals surface area contributed by atoms with Gasteiger partial charge in [-0.3, -0.25) is 4.79 Å². The van der Waals surface area contributed by atoms with Gasteiger partial charge < -0.3 is 10.1 Å². The summed E-state index contributed by atoms with van der Waals surface area (Å²) < 4.78 is 11.6. The van der Waals surface area contributed by atoms with Crippen molar-refractivity contribution in [1.82, 2.24) is 5.32 Å². The van der Waals surface area contributed by atoms with Gasteiger partial charge in [-0.25, -0.2) is 4.39 Å². The first-order chi connectivity index (χ1) is 6.16. The van der Waals surface area contributed by atoms with E-state index in [0.29, 0.717) is 13.0 Å². The molecular weight excluding hydrogens is 173 g/mol. The first kappa shape index (κ1) is 12.1. The van der Waals surface area contributed by atoms with Crippen molar-refractivity contribution < 1.29 is 14.0 Å². The Bertz CT molecular complexity index is 171. The van der Waals surface area contributed by atoms with Crippen LogP contribution in [0.15, 0.2) is 0 Å². The van der Waals surface area contributed by atoms with Gasteiger partial charge in [0.05, 0.1) is 0 Å². The molecule has 0 unspecified atom stereocenters. The van der Waals surface area contributed by atoms with Crippen LogP contribution in [0, 0.1) is 0 Å². The first-order valence-corrected chi connectivity index (χ1v) is 4.49. The van der Waals surface area contributed by atoms with Crippen LogP contribution >= 0.6 is 0 Å². The molecular formula is C9H16FNO2. The molecule has 76 valence electrons. The third-order valence-corrected chi connectivity index (χ3v) is 1.65. The molecule has 0 aliphatic carbocycles. The van der Waals surface area contributed by atoms with E-state index in [-0.39, 0.29) is 5.78 Å². The minimum Gasteiger partial charge on any atom is -0.354 e. The van der Waals surface area contributed by atoms with Gasteiger partial charge in [0.2, 0.25) is 0 Å². The minimum absolute atomic E-state index is 0.188. The van der Waals surface area contributed by atoms with E-state index in [4.69, 9.17) is 0 Å². The summed E-state index contributed by atoms with van der Waals surface area (Å²) in [5, 5.41) is 2.42. The van der Waals surface area contributed by atoms with Crippen LogP contribution in [-0.4, -0.2) is 24.9 Å². The third-order valence-electron chi connectivity index (χ3n) is 1.65. The smallest absolute Gasteiger partial charge is 0.251 e. The molecule has 1 amide bonds. The monoisotopic (exact) mass is 189 g/mol. The van der Waals surface area contributed by atoms with Crippen LogP contribution in [0.5, 0.6) is 0 Å². The SMILES string of the molecule is CC(=O)CCCCCNC(=O)CF. The highest BCUT2D eigenvalue weighted by Gasteiger charge is 1.97. The number of hydrogen-bond donors (Lipinski definition) is 1. The molecule has 0 spiro atoms. The van der Waals surface area contributed by atoms with Crippen LogP contribution in [-0.2, 0) is 9.59 Å². The summed E-state index contributed by atoms with van der Waals surface area (Å²) in [6.07, 6.45) is 3.14. The van der Waals surface area contributed by atoms with Crippen molar-refractivity contribution in [2.24, 2.45) is 0 Å². The highest BCUT2D eigenvalue weighted by atomic mass is 19.1. The van der Waals surface area contributed by atoms with Gasteiger partial charge in [-0.15, -0.1) is 0 Å². The average Bonchev–Trinajstić information content (AvgIpc) is 2.10. The lowest BCUT2D eigenvalue weighted by Crippen LogP contribution is -2.25. The highest BCUT2D eigenvalue weighted by Crippen LogP contribution is 1.99. The number of unbranched alkanes of at least 4 members (excludes halogenated alkanes) is 2. The Morgan fingerprint density at radius 1 is 1.23 bits per heavy atom. The van der Waals surface area contributed by atoms with Crippen molar-refractivity contribution in [3.8, 4) is 0 Å². The van der Waals surface area contributed by atoms with Crippen LogP contribution in [0.25, 0.3) is 0 Å². The molecule has 0 heterocycles. The van der Waals surface area contributed by atoms with Crippen LogP contribution in [0.3, 0.4) is 0 Å². The maximum atomic E-state index is 11.6. The Morgan fingerprint density at radius 3 is 2.46 bits per heavy atom. The van der Waals surface area contributed by atoms with Gasteiger partial charge in [0.1, 0.15) is 5.78 Å². The Morgan fingerprint density at radius 2 is 1.92 bits per heavy atom. The number of alkyl halides is 1. The maximum Gasteiger partial charge on any atom is 0.251 e. The van der Waals surface area contributed by atoms with E-state index in [1.165, 1.54) is 0 Å². The standard InChI is InChI=1S/C9H16FNO2/c1-8(12)5-3-2-4-6-11-9(13)7-10/h2-7H2,1H3,(H,11,13). The summed E-state index contributed by atoms with van der Waals surface area (Å²) in [5.41, 5.74) is 0. The van der Waals surface area contributed by atoms with Crippen molar-refractivity contribution in [3.63, 3.8) is 0 Å². The zero-order chi connectivity index (χ0) is 10.1. The Labute approximate surface area is 77.7 Å². The average molecular weight is 189 g/mol. The Hall–Kier alpha value is -0.930. The molecule has 0 aromatic heterocycles. The fourth-order valence-electron chi connectivity index (χ4n) is 0.951. The van der Waals surface area contributed by atoms with E-state index in [9.17, 15) is 14.0 Å². The van der Waals surface area contributed by atoms with E-state index >= 15 is 0 Å². The van der Waals surface area contributed by atoms with Crippen molar-refractivity contribution in [1.29, 1.82) is 0 Å². The number of rotatable bonds is 7. The minimum atomic E-state index is -0.951. The van der Waals surface area contributed by atoms with E-state index in [2.05, 4.69) is 5.32 Å². The van der Waals surface area contributed by atoms with E-state index in [1.807, 2.05) is 0 Å². The molecule has 0 rings (SSSR count). The van der Waals surface area contributed by atoms with Gasteiger partial charge in [0.15, 0.2) is 6.67 Å². The Kier molecular flexibility index (Phi) is 7.15. The van der Waals surface area contributed by atoms with Crippen molar-refractivity contribution in [3.05, 3.63) is 0 Å². The van der Waals surface area contributed by atoms with Gasteiger partial charge >= 0.3 is 0 Å². The molecule has 13 heavy (non-hydrogen) atoms. The molecule has 0 aromatic carbocycles. The number of amides is 1. The number of Topliss-reactive ketones (excluding diaryl/α,β-unsaturated/α-hetero) is 1. The molecule has 0 bridgehead atoms. The van der Waals surface area contributed by atoms with Crippen LogP contribution in [0.1, 0.15) is 32.6 Å². The molecule has 0 saturated carbocycles. The molecule has 0 aliphatic rings. The number of nitrogens with one attached hydrogen (secondary N) is 1. The van der Waals surface area contributed by atoms with Gasteiger partial charge in [-0.05, 0) is 19.8 Å². The van der Waals surface area contributed by atoms with Crippen LogP contribution < -0.4 is 5.32 Å². The predicted molar refractivity (Wildman–Crippen MR) is 48.1 cm³/mol. The molecule has 4 heteroatoms.